The molecule has 0 unspecified atom stereocenters. The number of aryl methyl sites for hydroxylation is 1. The lowest BCUT2D eigenvalue weighted by Crippen LogP contribution is -2.42. The van der Waals surface area contributed by atoms with Gasteiger partial charge < -0.3 is 5.32 Å². The van der Waals surface area contributed by atoms with E-state index in [4.69, 9.17) is 4.55 Å². The summed E-state index contributed by atoms with van der Waals surface area (Å²) in [5.74, 6) is -0.194. The van der Waals surface area contributed by atoms with Crippen molar-refractivity contribution in [2.24, 2.45) is 0 Å². The zero-order valence-electron chi connectivity index (χ0n) is 11.8. The van der Waals surface area contributed by atoms with Crippen molar-refractivity contribution in [3.05, 3.63) is 35.4 Å². The van der Waals surface area contributed by atoms with Crippen LogP contribution in [0.2, 0.25) is 0 Å². The maximum Gasteiger partial charge on any atom is 0.264 e. The van der Waals surface area contributed by atoms with Crippen LogP contribution in [0.4, 0.5) is 0 Å². The molecule has 0 fully saturated rings. The Kier molecular flexibility index (Phi) is 5.52. The molecule has 0 radical (unpaired) electrons. The van der Waals surface area contributed by atoms with Gasteiger partial charge in [-0.1, -0.05) is 29.8 Å². The standard InChI is InChI=1S/C14H23NO3S/c1-12-6-4-7-13(10-12)11-14(2,3)15-8-5-9-19(16,17)18/h4,6-7,10,15H,5,8-9,11H2,1-3H3,(H,16,17,18). The Balaban J connectivity index is 2.43. The summed E-state index contributed by atoms with van der Waals surface area (Å²) in [6.07, 6.45) is 1.29. The Hall–Kier alpha value is -0.910. The first kappa shape index (κ1) is 16.1. The van der Waals surface area contributed by atoms with E-state index in [2.05, 4.69) is 44.3 Å². The van der Waals surface area contributed by atoms with Gasteiger partial charge in [0.25, 0.3) is 10.1 Å². The van der Waals surface area contributed by atoms with Crippen molar-refractivity contribution < 1.29 is 13.0 Å². The van der Waals surface area contributed by atoms with Crippen molar-refractivity contribution in [1.82, 2.24) is 5.32 Å². The molecule has 0 atom stereocenters. The molecule has 0 amide bonds. The summed E-state index contributed by atoms with van der Waals surface area (Å²) in [5, 5.41) is 3.32. The molecule has 4 nitrogen and oxygen atoms in total. The van der Waals surface area contributed by atoms with Gasteiger partial charge in [-0.25, -0.2) is 0 Å². The lowest BCUT2D eigenvalue weighted by molar-refractivity contribution is 0.385. The minimum atomic E-state index is -3.85. The van der Waals surface area contributed by atoms with Crippen LogP contribution in [0.25, 0.3) is 0 Å². The minimum Gasteiger partial charge on any atom is -0.311 e. The van der Waals surface area contributed by atoms with E-state index in [0.29, 0.717) is 13.0 Å². The molecule has 5 heteroatoms. The van der Waals surface area contributed by atoms with Crippen LogP contribution in [-0.2, 0) is 16.5 Å². The number of hydrogen-bond donors (Lipinski definition) is 2. The lowest BCUT2D eigenvalue weighted by atomic mass is 9.94. The van der Waals surface area contributed by atoms with Crippen LogP contribution in [0, 0.1) is 6.92 Å². The van der Waals surface area contributed by atoms with Gasteiger partial charge in [-0.05, 0) is 45.7 Å². The molecule has 0 aliphatic carbocycles. The van der Waals surface area contributed by atoms with E-state index in [-0.39, 0.29) is 11.3 Å². The SMILES string of the molecule is Cc1cccc(CC(C)(C)NCCCS(=O)(=O)O)c1. The van der Waals surface area contributed by atoms with Gasteiger partial charge in [0, 0.05) is 5.54 Å². The first-order valence-corrected chi connectivity index (χ1v) is 8.05. The fourth-order valence-corrected chi connectivity index (χ4v) is 2.59. The van der Waals surface area contributed by atoms with Gasteiger partial charge in [0.2, 0.25) is 0 Å². The van der Waals surface area contributed by atoms with Crippen molar-refractivity contribution >= 4 is 10.1 Å². The molecule has 0 saturated carbocycles. The Morgan fingerprint density at radius 3 is 2.58 bits per heavy atom. The smallest absolute Gasteiger partial charge is 0.264 e. The third-order valence-corrected chi connectivity index (χ3v) is 3.72. The molecule has 0 saturated heterocycles. The minimum absolute atomic E-state index is 0.104. The van der Waals surface area contributed by atoms with Crippen LogP contribution in [-0.4, -0.2) is 30.8 Å². The average Bonchev–Trinajstić information content (AvgIpc) is 2.22. The molecule has 108 valence electrons. The summed E-state index contributed by atoms with van der Waals surface area (Å²) in [7, 11) is -3.85. The number of hydrogen-bond acceptors (Lipinski definition) is 3. The second-order valence-electron chi connectivity index (χ2n) is 5.62. The molecule has 1 aromatic carbocycles. The predicted octanol–water partition coefficient (Wildman–Crippen LogP) is 2.18. The first-order valence-electron chi connectivity index (χ1n) is 6.44. The maximum atomic E-state index is 10.6. The van der Waals surface area contributed by atoms with Gasteiger partial charge in [0.1, 0.15) is 0 Å². The molecule has 0 bridgehead atoms. The van der Waals surface area contributed by atoms with Gasteiger partial charge in [-0.2, -0.15) is 8.42 Å². The molecule has 0 aliphatic rings. The first-order chi connectivity index (χ1) is 8.68. The molecule has 2 N–H and O–H groups in total. The summed E-state index contributed by atoms with van der Waals surface area (Å²) in [6.45, 7) is 6.81. The largest absolute Gasteiger partial charge is 0.311 e. The van der Waals surface area contributed by atoms with E-state index in [1.807, 2.05) is 6.07 Å². The van der Waals surface area contributed by atoms with E-state index < -0.39 is 10.1 Å². The van der Waals surface area contributed by atoms with Crippen LogP contribution >= 0.6 is 0 Å². The Bertz CT molecular complexity index is 509. The van der Waals surface area contributed by atoms with E-state index in [0.717, 1.165) is 6.42 Å². The molecule has 1 rings (SSSR count). The van der Waals surface area contributed by atoms with Crippen molar-refractivity contribution in [2.45, 2.75) is 39.2 Å². The topological polar surface area (TPSA) is 66.4 Å². The molecule has 0 aromatic heterocycles. The van der Waals surface area contributed by atoms with Crippen molar-refractivity contribution in [1.29, 1.82) is 0 Å². The third-order valence-electron chi connectivity index (χ3n) is 2.91. The average molecular weight is 285 g/mol. The van der Waals surface area contributed by atoms with Gasteiger partial charge in [-0.3, -0.25) is 4.55 Å². The maximum absolute atomic E-state index is 10.6. The summed E-state index contributed by atoms with van der Waals surface area (Å²) >= 11 is 0. The second kappa shape index (κ2) is 6.50. The Morgan fingerprint density at radius 2 is 2.00 bits per heavy atom. The van der Waals surface area contributed by atoms with Gasteiger partial charge in [-0.15, -0.1) is 0 Å². The molecule has 0 heterocycles. The zero-order valence-corrected chi connectivity index (χ0v) is 12.6. The number of rotatable bonds is 7. The van der Waals surface area contributed by atoms with Gasteiger partial charge >= 0.3 is 0 Å². The van der Waals surface area contributed by atoms with Crippen molar-refractivity contribution in [2.75, 3.05) is 12.3 Å². The summed E-state index contributed by atoms with van der Waals surface area (Å²) in [6, 6.07) is 8.35. The molecule has 0 spiro atoms. The fraction of sp³-hybridized carbons (Fsp3) is 0.571. The summed E-state index contributed by atoms with van der Waals surface area (Å²) in [4.78, 5) is 0. The summed E-state index contributed by atoms with van der Waals surface area (Å²) in [5.41, 5.74) is 2.39. The quantitative estimate of drug-likeness (QED) is 0.595. The zero-order chi connectivity index (χ0) is 14.5. The molecular formula is C14H23NO3S. The number of nitrogens with one attached hydrogen (secondary N) is 1. The van der Waals surface area contributed by atoms with E-state index in [9.17, 15) is 8.42 Å². The highest BCUT2D eigenvalue weighted by molar-refractivity contribution is 7.85. The van der Waals surface area contributed by atoms with Crippen LogP contribution < -0.4 is 5.32 Å². The highest BCUT2D eigenvalue weighted by Crippen LogP contribution is 2.14. The van der Waals surface area contributed by atoms with Crippen LogP contribution in [0.15, 0.2) is 24.3 Å². The van der Waals surface area contributed by atoms with Crippen LogP contribution in [0.1, 0.15) is 31.4 Å². The van der Waals surface area contributed by atoms with Crippen LogP contribution in [0.5, 0.6) is 0 Å². The highest BCUT2D eigenvalue weighted by Gasteiger charge is 2.17. The van der Waals surface area contributed by atoms with Gasteiger partial charge in [0.05, 0.1) is 5.75 Å². The summed E-state index contributed by atoms with van der Waals surface area (Å²) < 4.78 is 29.9. The van der Waals surface area contributed by atoms with Crippen molar-refractivity contribution in [3.63, 3.8) is 0 Å². The second-order valence-corrected chi connectivity index (χ2v) is 7.19. The Labute approximate surface area is 116 Å². The molecular weight excluding hydrogens is 262 g/mol. The molecule has 1 aromatic rings. The third kappa shape index (κ3) is 7.30. The molecule has 19 heavy (non-hydrogen) atoms. The van der Waals surface area contributed by atoms with E-state index in [1.165, 1.54) is 11.1 Å². The highest BCUT2D eigenvalue weighted by atomic mass is 32.2. The van der Waals surface area contributed by atoms with Crippen molar-refractivity contribution in [3.8, 4) is 0 Å². The Morgan fingerprint density at radius 1 is 1.32 bits per heavy atom. The predicted molar refractivity (Wildman–Crippen MR) is 78.0 cm³/mol. The van der Waals surface area contributed by atoms with E-state index in [1.54, 1.807) is 0 Å². The molecule has 0 aliphatic heterocycles. The monoisotopic (exact) mass is 285 g/mol. The van der Waals surface area contributed by atoms with Gasteiger partial charge in [0.15, 0.2) is 0 Å². The fourth-order valence-electron chi connectivity index (χ4n) is 2.08. The lowest BCUT2D eigenvalue weighted by Gasteiger charge is -2.26. The van der Waals surface area contributed by atoms with E-state index >= 15 is 0 Å². The van der Waals surface area contributed by atoms with Crippen LogP contribution in [0.3, 0.4) is 0 Å². The number of benzene rings is 1. The normalized spacial score (nSPS) is 12.6.